The molecule has 1 unspecified atom stereocenters. The van der Waals surface area contributed by atoms with Gasteiger partial charge in [-0.1, -0.05) is 17.7 Å². The van der Waals surface area contributed by atoms with Crippen LogP contribution in [0.15, 0.2) is 48.5 Å². The number of ether oxygens (including phenoxy) is 3. The SMILES string of the molecule is COc1ccc(C(=O)O[C@H](C(=O)O)C(OC(=O)c2ccc(C)cc2)C(=O)O)cc1. The number of methoxy groups -OCH3 is 1. The summed E-state index contributed by atoms with van der Waals surface area (Å²) in [5.74, 6) is -5.27. The standard InChI is InChI=1S/C20H18O9/c1-11-3-5-12(6-4-11)19(25)28-15(17(21)22)16(18(23)24)29-20(26)13-7-9-14(27-2)10-8-13/h3-10,15-16H,1-2H3,(H,21,22)(H,23,24)/t15?,16-/m0/s1. The third-order valence-corrected chi connectivity index (χ3v) is 3.84. The maximum absolute atomic E-state index is 12.2. The van der Waals surface area contributed by atoms with Gasteiger partial charge in [0.05, 0.1) is 18.2 Å². The topological polar surface area (TPSA) is 136 Å². The van der Waals surface area contributed by atoms with Gasteiger partial charge in [-0.3, -0.25) is 0 Å². The number of benzene rings is 2. The third-order valence-electron chi connectivity index (χ3n) is 3.84. The second-order valence-corrected chi connectivity index (χ2v) is 5.92. The number of carboxylic acid groups (broad SMARTS) is 2. The predicted octanol–water partition coefficient (Wildman–Crippen LogP) is 1.92. The number of hydrogen-bond acceptors (Lipinski definition) is 7. The molecule has 2 aromatic carbocycles. The minimum absolute atomic E-state index is 0.0208. The van der Waals surface area contributed by atoms with Crippen LogP contribution < -0.4 is 4.74 Å². The summed E-state index contributed by atoms with van der Waals surface area (Å²) in [5.41, 5.74) is 0.840. The average molecular weight is 402 g/mol. The molecule has 0 amide bonds. The number of aryl methyl sites for hydroxylation is 1. The first kappa shape index (κ1) is 21.4. The summed E-state index contributed by atoms with van der Waals surface area (Å²) in [7, 11) is 1.42. The van der Waals surface area contributed by atoms with E-state index in [0.29, 0.717) is 5.75 Å². The van der Waals surface area contributed by atoms with Crippen molar-refractivity contribution in [3.63, 3.8) is 0 Å². The lowest BCUT2D eigenvalue weighted by Crippen LogP contribution is -2.45. The Kier molecular flexibility index (Phi) is 6.91. The fourth-order valence-corrected chi connectivity index (χ4v) is 2.27. The van der Waals surface area contributed by atoms with Crippen LogP contribution in [-0.2, 0) is 19.1 Å². The zero-order chi connectivity index (χ0) is 21.6. The van der Waals surface area contributed by atoms with E-state index in [4.69, 9.17) is 14.2 Å². The van der Waals surface area contributed by atoms with Crippen molar-refractivity contribution in [2.45, 2.75) is 19.1 Å². The molecule has 0 saturated carbocycles. The number of rotatable bonds is 8. The van der Waals surface area contributed by atoms with Crippen LogP contribution >= 0.6 is 0 Å². The Hall–Kier alpha value is -3.88. The Morgan fingerprint density at radius 2 is 1.10 bits per heavy atom. The second-order valence-electron chi connectivity index (χ2n) is 5.92. The van der Waals surface area contributed by atoms with Gasteiger partial charge in [-0.05, 0) is 43.3 Å². The fourth-order valence-electron chi connectivity index (χ4n) is 2.27. The molecule has 0 aliphatic heterocycles. The van der Waals surface area contributed by atoms with Crippen molar-refractivity contribution in [2.75, 3.05) is 7.11 Å². The molecule has 9 heteroatoms. The van der Waals surface area contributed by atoms with Crippen LogP contribution in [-0.4, -0.2) is 53.4 Å². The molecule has 0 aliphatic rings. The van der Waals surface area contributed by atoms with Gasteiger partial charge in [-0.2, -0.15) is 0 Å². The lowest BCUT2D eigenvalue weighted by molar-refractivity contribution is -0.166. The van der Waals surface area contributed by atoms with Crippen LogP contribution in [0.2, 0.25) is 0 Å². The highest BCUT2D eigenvalue weighted by atomic mass is 16.6. The molecule has 29 heavy (non-hydrogen) atoms. The number of carboxylic acids is 2. The zero-order valence-corrected chi connectivity index (χ0v) is 15.5. The van der Waals surface area contributed by atoms with Crippen molar-refractivity contribution in [3.8, 4) is 5.75 Å². The van der Waals surface area contributed by atoms with Crippen molar-refractivity contribution in [2.24, 2.45) is 0 Å². The van der Waals surface area contributed by atoms with Crippen LogP contribution in [0.5, 0.6) is 5.75 Å². The Labute approximate surface area is 165 Å². The van der Waals surface area contributed by atoms with Gasteiger partial charge in [0.1, 0.15) is 5.75 Å². The first-order valence-corrected chi connectivity index (χ1v) is 8.31. The number of carbonyl (C=O) groups excluding carboxylic acids is 2. The zero-order valence-electron chi connectivity index (χ0n) is 15.5. The molecular formula is C20H18O9. The average Bonchev–Trinajstić information content (AvgIpc) is 2.70. The maximum atomic E-state index is 12.2. The van der Waals surface area contributed by atoms with Crippen molar-refractivity contribution in [3.05, 3.63) is 65.2 Å². The van der Waals surface area contributed by atoms with E-state index in [2.05, 4.69) is 0 Å². The summed E-state index contributed by atoms with van der Waals surface area (Å²) in [6.45, 7) is 1.79. The normalized spacial score (nSPS) is 12.3. The van der Waals surface area contributed by atoms with Crippen LogP contribution in [0.25, 0.3) is 0 Å². The number of hydrogen-bond donors (Lipinski definition) is 2. The maximum Gasteiger partial charge on any atom is 0.349 e. The molecular weight excluding hydrogens is 384 g/mol. The van der Waals surface area contributed by atoms with Crippen molar-refractivity contribution in [1.29, 1.82) is 0 Å². The predicted molar refractivity (Wildman–Crippen MR) is 97.9 cm³/mol. The Morgan fingerprint density at radius 1 is 0.724 bits per heavy atom. The highest BCUT2D eigenvalue weighted by Crippen LogP contribution is 2.16. The molecule has 152 valence electrons. The van der Waals surface area contributed by atoms with Gasteiger partial charge >= 0.3 is 23.9 Å². The minimum atomic E-state index is -2.25. The van der Waals surface area contributed by atoms with Crippen molar-refractivity contribution >= 4 is 23.9 Å². The van der Waals surface area contributed by atoms with Crippen LogP contribution in [0, 0.1) is 6.92 Å². The van der Waals surface area contributed by atoms with E-state index in [1.165, 1.54) is 43.5 Å². The molecule has 2 aromatic rings. The first-order valence-electron chi connectivity index (χ1n) is 8.31. The van der Waals surface area contributed by atoms with E-state index in [-0.39, 0.29) is 11.1 Å². The Bertz CT molecular complexity index is 901. The summed E-state index contributed by atoms with van der Waals surface area (Å²) >= 11 is 0. The van der Waals surface area contributed by atoms with E-state index < -0.39 is 36.1 Å². The highest BCUT2D eigenvalue weighted by molar-refractivity contribution is 5.95. The van der Waals surface area contributed by atoms with Gasteiger partial charge in [0.25, 0.3) is 0 Å². The fraction of sp³-hybridized carbons (Fsp3) is 0.200. The van der Waals surface area contributed by atoms with Crippen molar-refractivity contribution in [1.82, 2.24) is 0 Å². The molecule has 0 fully saturated rings. The number of aliphatic carboxylic acids is 2. The van der Waals surface area contributed by atoms with Crippen LogP contribution in [0.1, 0.15) is 26.3 Å². The molecule has 0 aliphatic carbocycles. The summed E-state index contributed by atoms with van der Waals surface area (Å²) in [6.07, 6.45) is -4.50. The Balaban J connectivity index is 2.20. The third kappa shape index (κ3) is 5.55. The Morgan fingerprint density at radius 3 is 1.45 bits per heavy atom. The lowest BCUT2D eigenvalue weighted by Gasteiger charge is -2.21. The van der Waals surface area contributed by atoms with Crippen LogP contribution in [0.3, 0.4) is 0 Å². The van der Waals surface area contributed by atoms with Gasteiger partial charge in [-0.15, -0.1) is 0 Å². The van der Waals surface area contributed by atoms with Crippen molar-refractivity contribution < 1.29 is 43.6 Å². The molecule has 2 N–H and O–H groups in total. The van der Waals surface area contributed by atoms with Crippen LogP contribution in [0.4, 0.5) is 0 Å². The molecule has 2 atom stereocenters. The summed E-state index contributed by atoms with van der Waals surface area (Å²) in [6, 6.07) is 11.5. The van der Waals surface area contributed by atoms with E-state index >= 15 is 0 Å². The first-order chi connectivity index (χ1) is 13.7. The van der Waals surface area contributed by atoms with E-state index in [1.807, 2.05) is 0 Å². The summed E-state index contributed by atoms with van der Waals surface area (Å²) < 4.78 is 14.6. The van der Waals surface area contributed by atoms with Gasteiger partial charge in [0, 0.05) is 0 Å². The van der Waals surface area contributed by atoms with Gasteiger partial charge < -0.3 is 24.4 Å². The molecule has 2 rings (SSSR count). The van der Waals surface area contributed by atoms with Gasteiger partial charge in [0.15, 0.2) is 0 Å². The van der Waals surface area contributed by atoms with Gasteiger partial charge in [0.2, 0.25) is 12.2 Å². The molecule has 0 bridgehead atoms. The van der Waals surface area contributed by atoms with E-state index in [1.54, 1.807) is 19.1 Å². The quantitative estimate of drug-likeness (QED) is 0.635. The van der Waals surface area contributed by atoms with E-state index in [9.17, 15) is 29.4 Å². The summed E-state index contributed by atoms with van der Waals surface area (Å²) in [5, 5.41) is 18.7. The summed E-state index contributed by atoms with van der Waals surface area (Å²) in [4.78, 5) is 47.5. The van der Waals surface area contributed by atoms with Gasteiger partial charge in [-0.25, -0.2) is 19.2 Å². The number of esters is 2. The molecule has 0 spiro atoms. The lowest BCUT2D eigenvalue weighted by atomic mass is 10.1. The monoisotopic (exact) mass is 402 g/mol. The molecule has 0 saturated heterocycles. The molecule has 0 heterocycles. The smallest absolute Gasteiger partial charge is 0.349 e. The minimum Gasteiger partial charge on any atom is -0.497 e. The molecule has 0 radical (unpaired) electrons. The molecule has 0 aromatic heterocycles. The molecule has 9 nitrogen and oxygen atoms in total. The van der Waals surface area contributed by atoms with E-state index in [0.717, 1.165) is 5.56 Å². The second kappa shape index (κ2) is 9.36. The largest absolute Gasteiger partial charge is 0.497 e. The highest BCUT2D eigenvalue weighted by Gasteiger charge is 2.41. The number of carbonyl (C=O) groups is 4.